The van der Waals surface area contributed by atoms with Crippen molar-refractivity contribution < 1.29 is 9.47 Å². The lowest BCUT2D eigenvalue weighted by atomic mass is 10.0. The zero-order valence-electron chi connectivity index (χ0n) is 16.8. The van der Waals surface area contributed by atoms with Crippen LogP contribution >= 0.6 is 45.2 Å². The summed E-state index contributed by atoms with van der Waals surface area (Å²) in [6, 6.07) is 22.5. The number of nitrogens with zero attached hydrogens (tertiary/aromatic N) is 1. The molecule has 3 rings (SSSR count). The van der Waals surface area contributed by atoms with Gasteiger partial charge in [-0.15, -0.1) is 0 Å². The quantitative estimate of drug-likeness (QED) is 0.159. The lowest BCUT2D eigenvalue weighted by Crippen LogP contribution is -2.02. The number of rotatable bonds is 7. The number of aryl methyl sites for hydroxylation is 1. The Morgan fingerprint density at radius 2 is 1.70 bits per heavy atom. The predicted octanol–water partition coefficient (Wildman–Crippen LogP) is 7.25. The summed E-state index contributed by atoms with van der Waals surface area (Å²) >= 11 is 4.55. The molecule has 0 unspecified atom stereocenters. The van der Waals surface area contributed by atoms with Crippen molar-refractivity contribution in [2.45, 2.75) is 20.5 Å². The van der Waals surface area contributed by atoms with E-state index in [1.54, 1.807) is 0 Å². The summed E-state index contributed by atoms with van der Waals surface area (Å²) in [5.74, 6) is 1.41. The van der Waals surface area contributed by atoms with E-state index < -0.39 is 0 Å². The van der Waals surface area contributed by atoms with Gasteiger partial charge in [-0.2, -0.15) is 5.26 Å². The third-order valence-electron chi connectivity index (χ3n) is 4.42. The smallest absolute Gasteiger partial charge is 0.175 e. The highest BCUT2D eigenvalue weighted by Crippen LogP contribution is 2.36. The first-order chi connectivity index (χ1) is 14.5. The first-order valence-electron chi connectivity index (χ1n) is 9.52. The van der Waals surface area contributed by atoms with Crippen molar-refractivity contribution in [1.82, 2.24) is 0 Å². The van der Waals surface area contributed by atoms with Crippen molar-refractivity contribution in [2.75, 3.05) is 6.61 Å². The Balaban J connectivity index is 1.90. The second kappa shape index (κ2) is 10.8. The number of halogens is 2. The molecule has 0 aliphatic heterocycles. The Hall–Kier alpha value is -2.05. The molecule has 0 fully saturated rings. The first-order valence-corrected chi connectivity index (χ1v) is 11.7. The molecule has 152 valence electrons. The highest BCUT2D eigenvalue weighted by molar-refractivity contribution is 14.1. The summed E-state index contributed by atoms with van der Waals surface area (Å²) in [5, 5.41) is 9.66. The third-order valence-corrected chi connectivity index (χ3v) is 5.94. The van der Waals surface area contributed by atoms with Crippen LogP contribution in [0.25, 0.3) is 11.6 Å². The molecule has 0 aliphatic rings. The third kappa shape index (κ3) is 5.99. The predicted molar refractivity (Wildman–Crippen MR) is 138 cm³/mol. The lowest BCUT2D eigenvalue weighted by molar-refractivity contribution is 0.267. The van der Waals surface area contributed by atoms with E-state index in [-0.39, 0.29) is 0 Å². The van der Waals surface area contributed by atoms with Crippen molar-refractivity contribution in [3.63, 3.8) is 0 Å². The van der Waals surface area contributed by atoms with E-state index in [9.17, 15) is 5.26 Å². The van der Waals surface area contributed by atoms with Crippen molar-refractivity contribution in [1.29, 1.82) is 5.26 Å². The minimum absolute atomic E-state index is 0.467. The van der Waals surface area contributed by atoms with Crippen molar-refractivity contribution >= 4 is 56.8 Å². The Morgan fingerprint density at radius 3 is 2.33 bits per heavy atom. The van der Waals surface area contributed by atoms with Crippen LogP contribution in [0.3, 0.4) is 0 Å². The number of nitriles is 1. The molecule has 0 atom stereocenters. The van der Waals surface area contributed by atoms with Crippen LogP contribution in [0.5, 0.6) is 11.5 Å². The molecule has 5 heteroatoms. The standard InChI is InChI=1S/C25H21I2NO2/c1-3-29-24-14-19(12-21(15-28)20-8-4-17(2)5-9-20)13-23(27)25(24)30-16-18-6-10-22(26)11-7-18/h4-14H,3,16H2,1-2H3/b21-12-. The first kappa shape index (κ1) is 22.6. The molecule has 3 aromatic rings. The van der Waals surface area contributed by atoms with Crippen LogP contribution in [-0.4, -0.2) is 6.61 Å². The monoisotopic (exact) mass is 621 g/mol. The van der Waals surface area contributed by atoms with Gasteiger partial charge in [-0.05, 0) is 106 Å². The van der Waals surface area contributed by atoms with Crippen LogP contribution in [-0.2, 0) is 6.61 Å². The summed E-state index contributed by atoms with van der Waals surface area (Å²) in [4.78, 5) is 0. The maximum absolute atomic E-state index is 9.66. The topological polar surface area (TPSA) is 42.2 Å². The van der Waals surface area contributed by atoms with Crippen molar-refractivity contribution in [3.8, 4) is 17.6 Å². The summed E-state index contributed by atoms with van der Waals surface area (Å²) in [5.41, 5.74) is 4.68. The molecule has 0 amide bonds. The average Bonchev–Trinajstić information content (AvgIpc) is 2.73. The average molecular weight is 621 g/mol. The van der Waals surface area contributed by atoms with E-state index in [2.05, 4.69) is 75.5 Å². The Labute approximate surface area is 205 Å². The summed E-state index contributed by atoms with van der Waals surface area (Å²) in [7, 11) is 0. The Bertz CT molecular complexity index is 1080. The SMILES string of the molecule is CCOc1cc(/C=C(/C#N)c2ccc(C)cc2)cc(I)c1OCc1ccc(I)cc1. The largest absolute Gasteiger partial charge is 0.490 e. The number of ether oxygens (including phenoxy) is 2. The second-order valence-corrected chi connectivity index (χ2v) is 9.12. The Morgan fingerprint density at radius 1 is 1.00 bits per heavy atom. The van der Waals surface area contributed by atoms with Crippen LogP contribution < -0.4 is 9.47 Å². The molecule has 30 heavy (non-hydrogen) atoms. The van der Waals surface area contributed by atoms with E-state index >= 15 is 0 Å². The molecule has 0 spiro atoms. The van der Waals surface area contributed by atoms with Gasteiger partial charge < -0.3 is 9.47 Å². The summed E-state index contributed by atoms with van der Waals surface area (Å²) in [6.07, 6.45) is 1.89. The van der Waals surface area contributed by atoms with E-state index in [1.807, 2.05) is 56.3 Å². The Kier molecular flexibility index (Phi) is 8.16. The minimum atomic E-state index is 0.467. The van der Waals surface area contributed by atoms with Crippen LogP contribution in [0.15, 0.2) is 60.7 Å². The molecular formula is C25H21I2NO2. The van der Waals surface area contributed by atoms with Gasteiger partial charge in [-0.25, -0.2) is 0 Å². The minimum Gasteiger partial charge on any atom is -0.490 e. The molecule has 0 bridgehead atoms. The molecule has 0 N–H and O–H groups in total. The number of hydrogen-bond acceptors (Lipinski definition) is 3. The van der Waals surface area contributed by atoms with Gasteiger partial charge in [0, 0.05) is 3.57 Å². The van der Waals surface area contributed by atoms with Gasteiger partial charge in [-0.1, -0.05) is 42.0 Å². The molecule has 0 radical (unpaired) electrons. The molecule has 0 saturated carbocycles. The number of hydrogen-bond donors (Lipinski definition) is 0. The maximum Gasteiger partial charge on any atom is 0.175 e. The maximum atomic E-state index is 9.66. The van der Waals surface area contributed by atoms with Gasteiger partial charge in [0.05, 0.1) is 21.8 Å². The van der Waals surface area contributed by atoms with E-state index in [4.69, 9.17) is 9.47 Å². The molecule has 0 saturated heterocycles. The molecular weight excluding hydrogens is 600 g/mol. The lowest BCUT2D eigenvalue weighted by Gasteiger charge is -2.15. The summed E-state index contributed by atoms with van der Waals surface area (Å²) < 4.78 is 14.1. The molecule has 3 nitrogen and oxygen atoms in total. The molecule has 0 aromatic heterocycles. The van der Waals surface area contributed by atoms with Crippen LogP contribution in [0.2, 0.25) is 0 Å². The van der Waals surface area contributed by atoms with E-state index in [0.29, 0.717) is 24.5 Å². The van der Waals surface area contributed by atoms with Gasteiger partial charge in [-0.3, -0.25) is 0 Å². The van der Waals surface area contributed by atoms with Gasteiger partial charge in [0.25, 0.3) is 0 Å². The molecule has 3 aromatic carbocycles. The second-order valence-electron chi connectivity index (χ2n) is 6.71. The number of benzene rings is 3. The van der Waals surface area contributed by atoms with Gasteiger partial charge in [0.15, 0.2) is 11.5 Å². The molecule has 0 aliphatic carbocycles. The van der Waals surface area contributed by atoms with Crippen molar-refractivity contribution in [3.05, 3.63) is 90.1 Å². The highest BCUT2D eigenvalue weighted by Gasteiger charge is 2.13. The number of allylic oxidation sites excluding steroid dienone is 1. The van der Waals surface area contributed by atoms with Gasteiger partial charge >= 0.3 is 0 Å². The fourth-order valence-corrected chi connectivity index (χ4v) is 4.03. The van der Waals surface area contributed by atoms with Gasteiger partial charge in [0.1, 0.15) is 6.61 Å². The van der Waals surface area contributed by atoms with Crippen molar-refractivity contribution in [2.24, 2.45) is 0 Å². The van der Waals surface area contributed by atoms with E-state index in [1.165, 1.54) is 9.13 Å². The fraction of sp³-hybridized carbons (Fsp3) is 0.160. The zero-order chi connectivity index (χ0) is 21.5. The zero-order valence-corrected chi connectivity index (χ0v) is 21.1. The van der Waals surface area contributed by atoms with E-state index in [0.717, 1.165) is 26.0 Å². The van der Waals surface area contributed by atoms with Crippen LogP contribution in [0, 0.1) is 25.4 Å². The van der Waals surface area contributed by atoms with Crippen LogP contribution in [0.4, 0.5) is 0 Å². The normalized spacial score (nSPS) is 11.1. The van der Waals surface area contributed by atoms with Gasteiger partial charge in [0.2, 0.25) is 0 Å². The summed E-state index contributed by atoms with van der Waals surface area (Å²) in [6.45, 7) is 4.98. The molecule has 0 heterocycles. The fourth-order valence-electron chi connectivity index (χ4n) is 2.89. The van der Waals surface area contributed by atoms with Crippen LogP contribution in [0.1, 0.15) is 29.2 Å². The highest BCUT2D eigenvalue weighted by atomic mass is 127.